The minimum absolute atomic E-state index is 0.0701. The van der Waals surface area contributed by atoms with Gasteiger partial charge in [-0.2, -0.15) is 0 Å². The Kier molecular flexibility index (Phi) is 7.07. The summed E-state index contributed by atoms with van der Waals surface area (Å²) in [6, 6.07) is 23.9. The smallest absolute Gasteiger partial charge is 0.151 e. The first kappa shape index (κ1) is 23.0. The quantitative estimate of drug-likeness (QED) is 0.260. The molecular formula is C28H25ClFNO2. The van der Waals surface area contributed by atoms with Gasteiger partial charge in [0.2, 0.25) is 0 Å². The van der Waals surface area contributed by atoms with Gasteiger partial charge in [-0.15, -0.1) is 0 Å². The van der Waals surface area contributed by atoms with E-state index < -0.39 is 0 Å². The number of aromatic nitrogens is 1. The average Bonchev–Trinajstić information content (AvgIpc) is 3.13. The highest BCUT2D eigenvalue weighted by Gasteiger charge is 2.19. The maximum atomic E-state index is 13.5. The summed E-state index contributed by atoms with van der Waals surface area (Å²) in [4.78, 5) is 11.8. The summed E-state index contributed by atoms with van der Waals surface area (Å²) >= 11 is 6.32. The van der Waals surface area contributed by atoms with Crippen LogP contribution in [0.3, 0.4) is 0 Å². The average molecular weight is 462 g/mol. The van der Waals surface area contributed by atoms with E-state index in [-0.39, 0.29) is 11.9 Å². The predicted octanol–water partition coefficient (Wildman–Crippen LogP) is 7.21. The van der Waals surface area contributed by atoms with Gasteiger partial charge in [0.1, 0.15) is 5.82 Å². The zero-order valence-corrected chi connectivity index (χ0v) is 19.4. The number of nitrogens with zero attached hydrogens (tertiary/aromatic N) is 1. The Morgan fingerprint density at radius 3 is 2.45 bits per heavy atom. The van der Waals surface area contributed by atoms with Crippen molar-refractivity contribution < 1.29 is 13.9 Å². The molecule has 0 N–H and O–H groups in total. The third-order valence-electron chi connectivity index (χ3n) is 5.72. The molecule has 3 nitrogen and oxygen atoms in total. The Morgan fingerprint density at radius 1 is 1.03 bits per heavy atom. The first-order valence-corrected chi connectivity index (χ1v) is 11.2. The van der Waals surface area contributed by atoms with Gasteiger partial charge in [0.15, 0.2) is 6.29 Å². The van der Waals surface area contributed by atoms with Crippen molar-refractivity contribution in [1.29, 1.82) is 0 Å². The van der Waals surface area contributed by atoms with Gasteiger partial charge in [-0.1, -0.05) is 54.1 Å². The standard InChI is InChI=1S/C28H25ClFNO2/c1-19(33-18-21-6-4-3-5-7-21)14-26-15-23(17-32)20(2)31(26)28-13-10-24(29)16-27(28)22-8-11-25(30)12-9-22/h3-13,15-17,19H,14,18H2,1-2H3/t19-/m0/s1. The van der Waals surface area contributed by atoms with E-state index in [1.165, 1.54) is 12.1 Å². The van der Waals surface area contributed by atoms with Crippen LogP contribution in [0.15, 0.2) is 78.9 Å². The summed E-state index contributed by atoms with van der Waals surface area (Å²) in [6.07, 6.45) is 1.42. The van der Waals surface area contributed by atoms with E-state index in [0.717, 1.165) is 40.1 Å². The molecule has 1 aromatic heterocycles. The van der Waals surface area contributed by atoms with Crippen LogP contribution in [0.25, 0.3) is 16.8 Å². The van der Waals surface area contributed by atoms with Crippen molar-refractivity contribution in [1.82, 2.24) is 4.57 Å². The highest BCUT2D eigenvalue weighted by atomic mass is 35.5. The van der Waals surface area contributed by atoms with E-state index >= 15 is 0 Å². The number of benzene rings is 3. The summed E-state index contributed by atoms with van der Waals surface area (Å²) in [5.41, 5.74) is 6.11. The zero-order valence-electron chi connectivity index (χ0n) is 18.6. The Balaban J connectivity index is 1.70. The molecule has 0 fully saturated rings. The van der Waals surface area contributed by atoms with Crippen molar-refractivity contribution in [3.63, 3.8) is 0 Å². The lowest BCUT2D eigenvalue weighted by atomic mass is 10.0. The van der Waals surface area contributed by atoms with E-state index in [1.807, 2.05) is 68.4 Å². The number of ether oxygens (including phenoxy) is 1. The van der Waals surface area contributed by atoms with Crippen molar-refractivity contribution in [3.05, 3.63) is 112 Å². The van der Waals surface area contributed by atoms with Gasteiger partial charge in [-0.3, -0.25) is 4.79 Å². The first-order valence-electron chi connectivity index (χ1n) is 10.8. The van der Waals surface area contributed by atoms with Gasteiger partial charge >= 0.3 is 0 Å². The Labute approximate surface area is 198 Å². The van der Waals surface area contributed by atoms with E-state index in [0.29, 0.717) is 23.6 Å². The molecule has 0 aliphatic rings. The Bertz CT molecular complexity index is 1250. The van der Waals surface area contributed by atoms with Crippen LogP contribution in [-0.2, 0) is 17.8 Å². The molecule has 1 atom stereocenters. The summed E-state index contributed by atoms with van der Waals surface area (Å²) in [5.74, 6) is -0.298. The number of carbonyl (C=O) groups is 1. The lowest BCUT2D eigenvalue weighted by Crippen LogP contribution is -2.15. The summed E-state index contributed by atoms with van der Waals surface area (Å²) in [5, 5.41) is 0.583. The van der Waals surface area contributed by atoms with Crippen LogP contribution in [0.4, 0.5) is 4.39 Å². The van der Waals surface area contributed by atoms with Gasteiger partial charge in [0, 0.05) is 34.0 Å². The molecule has 0 spiro atoms. The monoisotopic (exact) mass is 461 g/mol. The molecule has 1 heterocycles. The number of hydrogen-bond acceptors (Lipinski definition) is 2. The van der Waals surface area contributed by atoms with Crippen molar-refractivity contribution in [2.75, 3.05) is 0 Å². The highest BCUT2D eigenvalue weighted by Crippen LogP contribution is 2.33. The van der Waals surface area contributed by atoms with E-state index in [4.69, 9.17) is 16.3 Å². The van der Waals surface area contributed by atoms with E-state index in [2.05, 4.69) is 4.57 Å². The number of aldehydes is 1. The maximum absolute atomic E-state index is 13.5. The van der Waals surface area contributed by atoms with Crippen LogP contribution in [0.1, 0.15) is 34.2 Å². The fourth-order valence-electron chi connectivity index (χ4n) is 4.03. The van der Waals surface area contributed by atoms with Crippen molar-refractivity contribution >= 4 is 17.9 Å². The largest absolute Gasteiger partial charge is 0.373 e. The number of hydrogen-bond donors (Lipinski definition) is 0. The minimum Gasteiger partial charge on any atom is -0.373 e. The van der Waals surface area contributed by atoms with Crippen molar-refractivity contribution in [2.24, 2.45) is 0 Å². The molecule has 33 heavy (non-hydrogen) atoms. The summed E-state index contributed by atoms with van der Waals surface area (Å²) in [6.45, 7) is 4.47. The van der Waals surface area contributed by atoms with Crippen LogP contribution in [0, 0.1) is 12.7 Å². The van der Waals surface area contributed by atoms with Crippen LogP contribution < -0.4 is 0 Å². The van der Waals surface area contributed by atoms with Crippen molar-refractivity contribution in [2.45, 2.75) is 33.0 Å². The van der Waals surface area contributed by atoms with Gasteiger partial charge in [0.25, 0.3) is 0 Å². The molecule has 0 radical (unpaired) electrons. The topological polar surface area (TPSA) is 31.2 Å². The molecule has 4 aromatic rings. The second-order valence-corrected chi connectivity index (χ2v) is 8.55. The van der Waals surface area contributed by atoms with Gasteiger partial charge in [-0.05, 0) is 61.4 Å². The Morgan fingerprint density at radius 2 is 1.76 bits per heavy atom. The number of rotatable bonds is 8. The normalized spacial score (nSPS) is 12.0. The third-order valence-corrected chi connectivity index (χ3v) is 5.95. The van der Waals surface area contributed by atoms with Crippen LogP contribution >= 0.6 is 11.6 Å². The molecular weight excluding hydrogens is 437 g/mol. The second kappa shape index (κ2) is 10.2. The predicted molar refractivity (Wildman–Crippen MR) is 131 cm³/mol. The van der Waals surface area contributed by atoms with Gasteiger partial charge < -0.3 is 9.30 Å². The summed E-state index contributed by atoms with van der Waals surface area (Å²) in [7, 11) is 0. The molecule has 5 heteroatoms. The molecule has 0 saturated carbocycles. The zero-order chi connectivity index (χ0) is 23.4. The lowest BCUT2D eigenvalue weighted by molar-refractivity contribution is 0.0527. The number of carbonyl (C=O) groups excluding carboxylic acids is 1. The molecule has 0 amide bonds. The molecule has 0 saturated heterocycles. The van der Waals surface area contributed by atoms with E-state index in [9.17, 15) is 9.18 Å². The molecule has 3 aromatic carbocycles. The SMILES string of the molecule is Cc1c(C=O)cc(C[C@H](C)OCc2ccccc2)n1-c1ccc(Cl)cc1-c1ccc(F)cc1. The van der Waals surface area contributed by atoms with Gasteiger partial charge in [0.05, 0.1) is 18.4 Å². The van der Waals surface area contributed by atoms with Crippen LogP contribution in [0.5, 0.6) is 0 Å². The number of halogens is 2. The first-order chi connectivity index (χ1) is 16.0. The molecule has 0 aliphatic heterocycles. The van der Waals surface area contributed by atoms with E-state index in [1.54, 1.807) is 12.1 Å². The second-order valence-electron chi connectivity index (χ2n) is 8.11. The van der Waals surface area contributed by atoms with Crippen LogP contribution in [-0.4, -0.2) is 17.0 Å². The fourth-order valence-corrected chi connectivity index (χ4v) is 4.20. The molecule has 168 valence electrons. The van der Waals surface area contributed by atoms with Crippen molar-refractivity contribution in [3.8, 4) is 16.8 Å². The van der Waals surface area contributed by atoms with Gasteiger partial charge in [-0.25, -0.2) is 4.39 Å². The highest BCUT2D eigenvalue weighted by molar-refractivity contribution is 6.31. The lowest BCUT2D eigenvalue weighted by Gasteiger charge is -2.19. The Hall–Kier alpha value is -3.21. The fraction of sp³-hybridized carbons (Fsp3) is 0.179. The van der Waals surface area contributed by atoms with Crippen LogP contribution in [0.2, 0.25) is 5.02 Å². The summed E-state index contributed by atoms with van der Waals surface area (Å²) < 4.78 is 21.7. The maximum Gasteiger partial charge on any atom is 0.151 e. The molecule has 0 aliphatic carbocycles. The molecule has 0 bridgehead atoms. The molecule has 4 rings (SSSR count). The third kappa shape index (κ3) is 5.24. The minimum atomic E-state index is -0.298. The molecule has 0 unspecified atom stereocenters.